The van der Waals surface area contributed by atoms with Crippen molar-refractivity contribution in [1.82, 2.24) is 9.55 Å². The highest BCUT2D eigenvalue weighted by atomic mass is 32.1. The minimum Gasteiger partial charge on any atom is -0.548 e. The monoisotopic (exact) mass is 327 g/mol. The number of carbonyl (C=O) groups excluding carboxylic acids is 1. The third kappa shape index (κ3) is 2.55. The minimum atomic E-state index is -1.31. The van der Waals surface area contributed by atoms with Gasteiger partial charge in [-0.25, -0.2) is 4.98 Å². The fourth-order valence-corrected chi connectivity index (χ4v) is 3.55. The molecular formula is C17H15N2O3S-. The van der Waals surface area contributed by atoms with Gasteiger partial charge in [0, 0.05) is 10.9 Å². The number of carboxylic acids is 1. The number of fused-ring (bicyclic) bond motifs is 1. The minimum absolute atomic E-state index is 0.358. The molecule has 0 spiro atoms. The molecule has 0 unspecified atom stereocenters. The highest BCUT2D eigenvalue weighted by molar-refractivity contribution is 7.17. The summed E-state index contributed by atoms with van der Waals surface area (Å²) < 4.78 is 1.11. The Bertz CT molecular complexity index is 972. The average molecular weight is 327 g/mol. The number of rotatable bonds is 3. The first-order chi connectivity index (χ1) is 10.9. The zero-order chi connectivity index (χ0) is 16.7. The largest absolute Gasteiger partial charge is 0.548 e. The molecule has 1 atom stereocenters. The van der Waals surface area contributed by atoms with E-state index in [-0.39, 0.29) is 5.56 Å². The number of aliphatic carboxylic acids is 1. The van der Waals surface area contributed by atoms with E-state index in [2.05, 4.69) is 11.1 Å². The summed E-state index contributed by atoms with van der Waals surface area (Å²) in [5, 5.41) is 13.4. The number of thiophene rings is 1. The van der Waals surface area contributed by atoms with Gasteiger partial charge in [0.1, 0.15) is 4.83 Å². The molecule has 0 amide bonds. The van der Waals surface area contributed by atoms with E-state index in [0.717, 1.165) is 26.8 Å². The van der Waals surface area contributed by atoms with Gasteiger partial charge < -0.3 is 9.90 Å². The van der Waals surface area contributed by atoms with Crippen LogP contribution in [-0.4, -0.2) is 15.5 Å². The van der Waals surface area contributed by atoms with Crippen molar-refractivity contribution in [2.75, 3.05) is 0 Å². The van der Waals surface area contributed by atoms with Crippen LogP contribution in [0.5, 0.6) is 0 Å². The normalized spacial score (nSPS) is 12.5. The molecule has 1 aromatic carbocycles. The Morgan fingerprint density at radius 1 is 1.30 bits per heavy atom. The van der Waals surface area contributed by atoms with E-state index in [0.29, 0.717) is 10.2 Å². The standard InChI is InChI=1S/C17H16N2O3S/c1-9-4-5-12(10(2)6-9)13-7-23-15-14(13)16(20)19(8-18-15)11(3)17(21)22/h4-8,11H,1-3H3,(H,21,22)/p-1/t11-/m0/s1. The SMILES string of the molecule is Cc1ccc(-c2csc3ncn([C@@H](C)C(=O)[O-])c(=O)c23)c(C)c1. The molecule has 118 valence electrons. The van der Waals surface area contributed by atoms with Crippen molar-refractivity contribution < 1.29 is 9.90 Å². The lowest BCUT2D eigenvalue weighted by Crippen LogP contribution is -2.36. The van der Waals surface area contributed by atoms with Crippen molar-refractivity contribution in [2.24, 2.45) is 0 Å². The summed E-state index contributed by atoms with van der Waals surface area (Å²) in [6.07, 6.45) is 1.27. The average Bonchev–Trinajstić information content (AvgIpc) is 2.91. The lowest BCUT2D eigenvalue weighted by Gasteiger charge is -2.15. The van der Waals surface area contributed by atoms with Crippen LogP contribution in [0.2, 0.25) is 0 Å². The summed E-state index contributed by atoms with van der Waals surface area (Å²) in [6, 6.07) is 4.96. The third-order valence-electron chi connectivity index (χ3n) is 3.95. The Labute approximate surface area is 136 Å². The van der Waals surface area contributed by atoms with Crippen molar-refractivity contribution in [3.8, 4) is 11.1 Å². The van der Waals surface area contributed by atoms with E-state index in [9.17, 15) is 14.7 Å². The number of hydrogen-bond acceptors (Lipinski definition) is 5. The van der Waals surface area contributed by atoms with Crippen LogP contribution in [0.15, 0.2) is 34.7 Å². The van der Waals surface area contributed by atoms with E-state index >= 15 is 0 Å². The molecule has 2 aromatic heterocycles. The Morgan fingerprint density at radius 2 is 2.04 bits per heavy atom. The summed E-state index contributed by atoms with van der Waals surface area (Å²) in [5.41, 5.74) is 3.60. The second kappa shape index (κ2) is 5.62. The number of carboxylic acid groups (broad SMARTS) is 1. The van der Waals surface area contributed by atoms with Crippen LogP contribution in [0.25, 0.3) is 21.3 Å². The molecule has 0 N–H and O–H groups in total. The number of aromatic nitrogens is 2. The maximum absolute atomic E-state index is 12.7. The number of nitrogens with zero attached hydrogens (tertiary/aromatic N) is 2. The van der Waals surface area contributed by atoms with Crippen molar-refractivity contribution in [1.29, 1.82) is 0 Å². The van der Waals surface area contributed by atoms with Gasteiger partial charge in [-0.05, 0) is 31.9 Å². The first kappa shape index (κ1) is 15.4. The van der Waals surface area contributed by atoms with Crippen LogP contribution in [0.3, 0.4) is 0 Å². The second-order valence-electron chi connectivity index (χ2n) is 5.60. The van der Waals surface area contributed by atoms with Gasteiger partial charge in [-0.3, -0.25) is 9.36 Å². The fourth-order valence-electron chi connectivity index (χ4n) is 2.65. The number of carbonyl (C=O) groups is 1. The van der Waals surface area contributed by atoms with Crippen molar-refractivity contribution in [2.45, 2.75) is 26.8 Å². The predicted molar refractivity (Wildman–Crippen MR) is 88.5 cm³/mol. The van der Waals surface area contributed by atoms with Crippen LogP contribution in [0.4, 0.5) is 0 Å². The Balaban J connectivity index is 2.29. The van der Waals surface area contributed by atoms with E-state index in [1.165, 1.54) is 24.6 Å². The number of benzene rings is 1. The molecule has 0 fully saturated rings. The highest BCUT2D eigenvalue weighted by Gasteiger charge is 2.17. The van der Waals surface area contributed by atoms with Crippen LogP contribution in [0.1, 0.15) is 24.1 Å². The summed E-state index contributed by atoms with van der Waals surface area (Å²) in [7, 11) is 0. The molecule has 0 aliphatic carbocycles. The van der Waals surface area contributed by atoms with Gasteiger partial charge in [-0.1, -0.05) is 23.8 Å². The smallest absolute Gasteiger partial charge is 0.263 e. The molecule has 0 aliphatic rings. The molecule has 6 heteroatoms. The molecular weight excluding hydrogens is 312 g/mol. The zero-order valence-electron chi connectivity index (χ0n) is 13.0. The molecule has 0 saturated heterocycles. The molecule has 5 nitrogen and oxygen atoms in total. The Morgan fingerprint density at radius 3 is 2.70 bits per heavy atom. The molecule has 0 radical (unpaired) electrons. The molecule has 3 aromatic rings. The van der Waals surface area contributed by atoms with Gasteiger partial charge in [0.05, 0.1) is 23.7 Å². The van der Waals surface area contributed by atoms with Crippen molar-refractivity contribution >= 4 is 27.5 Å². The lowest BCUT2D eigenvalue weighted by molar-refractivity contribution is -0.309. The summed E-state index contributed by atoms with van der Waals surface area (Å²) in [4.78, 5) is 28.7. The molecule has 0 saturated carbocycles. The molecule has 2 heterocycles. The first-order valence-electron chi connectivity index (χ1n) is 7.17. The lowest BCUT2D eigenvalue weighted by atomic mass is 9.99. The van der Waals surface area contributed by atoms with Gasteiger partial charge in [-0.15, -0.1) is 11.3 Å². The molecule has 0 aliphatic heterocycles. The summed E-state index contributed by atoms with van der Waals surface area (Å²) in [5.74, 6) is -1.31. The Hall–Kier alpha value is -2.47. The number of hydrogen-bond donors (Lipinski definition) is 0. The number of aryl methyl sites for hydroxylation is 2. The van der Waals surface area contributed by atoms with Crippen LogP contribution < -0.4 is 10.7 Å². The second-order valence-corrected chi connectivity index (χ2v) is 6.46. The van der Waals surface area contributed by atoms with Gasteiger partial charge >= 0.3 is 0 Å². The first-order valence-corrected chi connectivity index (χ1v) is 8.05. The predicted octanol–water partition coefficient (Wildman–Crippen LogP) is 2.05. The summed E-state index contributed by atoms with van der Waals surface area (Å²) in [6.45, 7) is 5.41. The van der Waals surface area contributed by atoms with E-state index in [4.69, 9.17) is 0 Å². The van der Waals surface area contributed by atoms with Crippen LogP contribution in [0, 0.1) is 13.8 Å². The van der Waals surface area contributed by atoms with Crippen LogP contribution in [-0.2, 0) is 4.79 Å². The maximum atomic E-state index is 12.7. The van der Waals surface area contributed by atoms with E-state index in [1.54, 1.807) is 0 Å². The topological polar surface area (TPSA) is 75.0 Å². The zero-order valence-corrected chi connectivity index (χ0v) is 13.8. The highest BCUT2D eigenvalue weighted by Crippen LogP contribution is 2.33. The Kier molecular flexibility index (Phi) is 3.77. The van der Waals surface area contributed by atoms with Crippen molar-refractivity contribution in [3.05, 3.63) is 51.4 Å². The van der Waals surface area contributed by atoms with Gasteiger partial charge in [0.25, 0.3) is 5.56 Å². The van der Waals surface area contributed by atoms with Gasteiger partial charge in [0.2, 0.25) is 0 Å². The molecule has 0 bridgehead atoms. The molecule has 23 heavy (non-hydrogen) atoms. The van der Waals surface area contributed by atoms with Crippen molar-refractivity contribution in [3.63, 3.8) is 0 Å². The fraction of sp³-hybridized carbons (Fsp3) is 0.235. The van der Waals surface area contributed by atoms with E-state index < -0.39 is 12.0 Å². The van der Waals surface area contributed by atoms with E-state index in [1.807, 2.05) is 31.4 Å². The van der Waals surface area contributed by atoms with Gasteiger partial charge in [0.15, 0.2) is 0 Å². The van der Waals surface area contributed by atoms with Crippen LogP contribution >= 0.6 is 11.3 Å². The summed E-state index contributed by atoms with van der Waals surface area (Å²) >= 11 is 1.38. The van der Waals surface area contributed by atoms with Gasteiger partial charge in [-0.2, -0.15) is 0 Å². The maximum Gasteiger partial charge on any atom is 0.263 e. The third-order valence-corrected chi connectivity index (χ3v) is 4.84. The quantitative estimate of drug-likeness (QED) is 0.738. The molecule has 3 rings (SSSR count).